The highest BCUT2D eigenvalue weighted by molar-refractivity contribution is 5.78. The van der Waals surface area contributed by atoms with E-state index in [2.05, 4.69) is 229 Å². The van der Waals surface area contributed by atoms with E-state index in [0.29, 0.717) is 0 Å². The molecule has 270 valence electrons. The highest BCUT2D eigenvalue weighted by atomic mass is 15.3. The molecular weight excluding hydrogens is 657 g/mol. The summed E-state index contributed by atoms with van der Waals surface area (Å²) in [5, 5.41) is 3.96. The lowest BCUT2D eigenvalue weighted by atomic mass is 9.94. The average Bonchev–Trinajstić information content (AvgIpc) is 3.29. The first-order valence-electron chi connectivity index (χ1n) is 19.0. The standard InChI is InChI=1S/C50H50N4/c1-5-6-10-28-45-35-38(2)31-32-44(54(43-26-15-9-16-27-43)48-30-18-17-20-39(48)3)33-34-53(45)46-29-19-25-42(36-46)50-51-47(40-21-11-7-12-22-40)37-49(52(50)4)41-23-13-8-14-24-41/h5-11,13-21,23-37,49-51H,12,22H2,1-4H3/b6-5-,28-10-,34-33?,38-31?,44-32?,45-35?. The lowest BCUT2D eigenvalue weighted by Gasteiger charge is -2.41. The molecule has 5 aromatic rings. The third-order valence-electron chi connectivity index (χ3n) is 10.2. The minimum Gasteiger partial charge on any atom is -0.366 e. The second kappa shape index (κ2) is 17.2. The molecule has 1 aromatic heterocycles. The van der Waals surface area contributed by atoms with Crippen molar-refractivity contribution in [2.75, 3.05) is 11.9 Å². The largest absolute Gasteiger partial charge is 0.366 e. The van der Waals surface area contributed by atoms with Crippen molar-refractivity contribution in [3.05, 3.63) is 221 Å². The Morgan fingerprint density at radius 1 is 0.741 bits per heavy atom. The van der Waals surface area contributed by atoms with Gasteiger partial charge in [-0.15, -0.1) is 0 Å². The van der Waals surface area contributed by atoms with E-state index in [-0.39, 0.29) is 12.2 Å². The van der Waals surface area contributed by atoms with Gasteiger partial charge in [0.2, 0.25) is 0 Å². The van der Waals surface area contributed by atoms with E-state index in [9.17, 15) is 0 Å². The first-order valence-corrected chi connectivity index (χ1v) is 19.0. The van der Waals surface area contributed by atoms with Crippen LogP contribution in [0.25, 0.3) is 11.8 Å². The van der Waals surface area contributed by atoms with Gasteiger partial charge in [-0.25, -0.2) is 0 Å². The first kappa shape index (κ1) is 36.3. The van der Waals surface area contributed by atoms with E-state index < -0.39 is 0 Å². The fraction of sp³-hybridized carbons (Fsp3) is 0.160. The van der Waals surface area contributed by atoms with Gasteiger partial charge in [-0.2, -0.15) is 0 Å². The number of allylic oxidation sites excluding steroid dienone is 7. The van der Waals surface area contributed by atoms with Gasteiger partial charge in [0, 0.05) is 40.3 Å². The quantitative estimate of drug-likeness (QED) is 0.154. The summed E-state index contributed by atoms with van der Waals surface area (Å²) in [5.41, 5.74) is 12.9. The number of aromatic nitrogens is 1. The Bertz CT molecular complexity index is 2270. The Morgan fingerprint density at radius 2 is 1.48 bits per heavy atom. The van der Waals surface area contributed by atoms with Crippen LogP contribution >= 0.6 is 0 Å². The van der Waals surface area contributed by atoms with Crippen molar-refractivity contribution in [2.24, 2.45) is 0 Å². The second-order valence-electron chi connectivity index (χ2n) is 14.0. The highest BCUT2D eigenvalue weighted by Crippen LogP contribution is 2.38. The number of benzene rings is 4. The van der Waals surface area contributed by atoms with Gasteiger partial charge in [-0.05, 0) is 129 Å². The van der Waals surface area contributed by atoms with Crippen LogP contribution in [0.15, 0.2) is 193 Å². The number of hydrogen-bond acceptors (Lipinski definition) is 3. The number of nitrogens with one attached hydrogen (secondary N) is 1. The Balaban J connectivity index is 1.38. The van der Waals surface area contributed by atoms with Gasteiger partial charge in [0.1, 0.15) is 6.17 Å². The number of likely N-dealkylation sites (N-methyl/N-ethyl adjacent to an activating group) is 1. The highest BCUT2D eigenvalue weighted by Gasteiger charge is 2.30. The van der Waals surface area contributed by atoms with Crippen LogP contribution in [0.2, 0.25) is 0 Å². The number of anilines is 3. The van der Waals surface area contributed by atoms with Crippen molar-refractivity contribution < 1.29 is 0 Å². The minimum atomic E-state index is -0.0406. The predicted molar refractivity (Wildman–Crippen MR) is 229 cm³/mol. The van der Waals surface area contributed by atoms with Crippen molar-refractivity contribution in [3.63, 3.8) is 0 Å². The summed E-state index contributed by atoms with van der Waals surface area (Å²) in [6, 6.07) is 48.1. The smallest absolute Gasteiger partial charge is 0.106 e. The maximum atomic E-state index is 3.96. The van der Waals surface area contributed by atoms with E-state index in [1.807, 2.05) is 6.92 Å². The molecule has 1 aliphatic heterocycles. The van der Waals surface area contributed by atoms with Crippen LogP contribution in [-0.4, -0.2) is 16.5 Å². The van der Waals surface area contributed by atoms with Crippen molar-refractivity contribution in [1.29, 1.82) is 0 Å². The van der Waals surface area contributed by atoms with E-state index in [0.717, 1.165) is 46.8 Å². The van der Waals surface area contributed by atoms with Gasteiger partial charge in [0.25, 0.3) is 0 Å². The van der Waals surface area contributed by atoms with Crippen molar-refractivity contribution >= 4 is 23.1 Å². The van der Waals surface area contributed by atoms with Gasteiger partial charge >= 0.3 is 0 Å². The molecule has 4 aromatic carbocycles. The van der Waals surface area contributed by atoms with Gasteiger partial charge in [-0.3, -0.25) is 4.90 Å². The van der Waals surface area contributed by atoms with Crippen LogP contribution in [0.4, 0.5) is 17.1 Å². The number of nitrogens with zero attached hydrogens (tertiary/aromatic N) is 3. The molecule has 1 aliphatic carbocycles. The molecule has 2 aliphatic rings. The minimum absolute atomic E-state index is 0.0406. The van der Waals surface area contributed by atoms with Gasteiger partial charge < -0.3 is 14.8 Å². The summed E-state index contributed by atoms with van der Waals surface area (Å²) >= 11 is 0. The van der Waals surface area contributed by atoms with Crippen LogP contribution < -0.4 is 10.2 Å². The summed E-state index contributed by atoms with van der Waals surface area (Å²) in [5.74, 6) is 0. The van der Waals surface area contributed by atoms with Crippen molar-refractivity contribution in [3.8, 4) is 5.69 Å². The van der Waals surface area contributed by atoms with Crippen LogP contribution in [0.3, 0.4) is 0 Å². The molecule has 0 saturated carbocycles. The van der Waals surface area contributed by atoms with Gasteiger partial charge in [0.05, 0.1) is 6.04 Å². The number of para-hydroxylation sites is 2. The van der Waals surface area contributed by atoms with E-state index in [1.54, 1.807) is 0 Å². The van der Waals surface area contributed by atoms with Crippen molar-refractivity contribution in [2.45, 2.75) is 45.8 Å². The van der Waals surface area contributed by atoms with Crippen LogP contribution in [0, 0.1) is 13.8 Å². The molecule has 0 spiro atoms. The second-order valence-corrected chi connectivity index (χ2v) is 14.0. The summed E-state index contributed by atoms with van der Waals surface area (Å²) < 4.78 is 2.31. The Labute approximate surface area is 321 Å². The summed E-state index contributed by atoms with van der Waals surface area (Å²) in [4.78, 5) is 4.79. The van der Waals surface area contributed by atoms with Crippen molar-refractivity contribution in [1.82, 2.24) is 14.8 Å². The molecule has 0 bridgehead atoms. The molecule has 0 saturated heterocycles. The summed E-state index contributed by atoms with van der Waals surface area (Å²) in [6.45, 7) is 6.40. The van der Waals surface area contributed by atoms with Crippen LogP contribution in [-0.2, 0) is 0 Å². The van der Waals surface area contributed by atoms with E-state index in [4.69, 9.17) is 0 Å². The topological polar surface area (TPSA) is 23.4 Å². The third kappa shape index (κ3) is 8.25. The summed E-state index contributed by atoms with van der Waals surface area (Å²) in [7, 11) is 2.23. The Morgan fingerprint density at radius 3 is 2.24 bits per heavy atom. The lowest BCUT2D eigenvalue weighted by molar-refractivity contribution is 0.166. The zero-order valence-electron chi connectivity index (χ0n) is 31.8. The molecule has 2 heterocycles. The maximum Gasteiger partial charge on any atom is 0.106 e. The molecule has 2 atom stereocenters. The molecule has 54 heavy (non-hydrogen) atoms. The summed E-state index contributed by atoms with van der Waals surface area (Å²) in [6.07, 6.45) is 21.8. The van der Waals surface area contributed by atoms with E-state index >= 15 is 0 Å². The number of hydrogen-bond donors (Lipinski definition) is 1. The van der Waals surface area contributed by atoms with E-state index in [1.165, 1.54) is 28.0 Å². The Kier molecular flexibility index (Phi) is 11.5. The number of aryl methyl sites for hydroxylation is 2. The zero-order chi connectivity index (χ0) is 37.3. The van der Waals surface area contributed by atoms with Gasteiger partial charge in [-0.1, -0.05) is 121 Å². The molecule has 4 nitrogen and oxygen atoms in total. The zero-order valence-corrected chi connectivity index (χ0v) is 31.8. The average molecular weight is 707 g/mol. The molecule has 0 amide bonds. The maximum absolute atomic E-state index is 3.96. The first-order chi connectivity index (χ1) is 26.5. The SMILES string of the molecule is C/C=C\C=C/c1cc(C)ccc(N(c2ccccc2)c2ccccc2C)ccn1-c1cccc(C2NC(C3=CC=CCC3)=CC(c3ccccc3)N2C)c1. The fourth-order valence-electron chi connectivity index (χ4n) is 7.36. The Hall–Kier alpha value is -6.10. The molecule has 0 fully saturated rings. The molecule has 4 heteroatoms. The molecule has 7 rings (SSSR count). The van der Waals surface area contributed by atoms with Crippen LogP contribution in [0.5, 0.6) is 0 Å². The number of rotatable bonds is 9. The molecular formula is C50H50N4. The molecule has 1 N–H and O–H groups in total. The third-order valence-corrected chi connectivity index (χ3v) is 10.2. The molecule has 2 unspecified atom stereocenters. The van der Waals surface area contributed by atoms with Gasteiger partial charge in [0.15, 0.2) is 0 Å². The predicted octanol–water partition coefficient (Wildman–Crippen LogP) is 12.7. The lowest BCUT2D eigenvalue weighted by Crippen LogP contribution is -2.42. The monoisotopic (exact) mass is 706 g/mol. The van der Waals surface area contributed by atoms with Crippen LogP contribution in [0.1, 0.15) is 59.9 Å². The normalized spacial score (nSPS) is 17.2. The fourth-order valence-corrected chi connectivity index (χ4v) is 7.36. The molecule has 0 radical (unpaired) electrons.